The predicted molar refractivity (Wildman–Crippen MR) is 89.2 cm³/mol. The van der Waals surface area contributed by atoms with E-state index in [2.05, 4.69) is 31.7 Å². The van der Waals surface area contributed by atoms with Crippen molar-refractivity contribution >= 4 is 17.8 Å². The Hall–Kier alpha value is -2.66. The zero-order valence-electron chi connectivity index (χ0n) is 12.9. The van der Waals surface area contributed by atoms with Gasteiger partial charge >= 0.3 is 0 Å². The molecule has 0 unspecified atom stereocenters. The van der Waals surface area contributed by atoms with Crippen LogP contribution in [0.4, 0.5) is 5.69 Å². The van der Waals surface area contributed by atoms with Crippen LogP contribution in [0, 0.1) is 0 Å². The molecule has 2 N–H and O–H groups in total. The highest BCUT2D eigenvalue weighted by Gasteiger charge is 2.12. The molecule has 0 aliphatic rings. The van der Waals surface area contributed by atoms with Gasteiger partial charge in [-0.2, -0.15) is 5.10 Å². The first kappa shape index (κ1) is 15.7. The van der Waals surface area contributed by atoms with Crippen LogP contribution in [0.2, 0.25) is 0 Å². The van der Waals surface area contributed by atoms with Crippen LogP contribution in [0.1, 0.15) is 15.9 Å². The van der Waals surface area contributed by atoms with Crippen molar-refractivity contribution in [3.8, 4) is 5.75 Å². The first-order valence-corrected chi connectivity index (χ1v) is 6.91. The molecule has 0 bridgehead atoms. The number of phenols is 1. The van der Waals surface area contributed by atoms with Gasteiger partial charge in [-0.25, -0.2) is 5.43 Å². The summed E-state index contributed by atoms with van der Waals surface area (Å²) in [4.78, 5) is 12.0. The molecular formula is C17H20N3O2+. The van der Waals surface area contributed by atoms with Gasteiger partial charge in [-0.1, -0.05) is 12.1 Å². The van der Waals surface area contributed by atoms with Gasteiger partial charge in [-0.05, 0) is 36.4 Å². The number of benzene rings is 2. The van der Waals surface area contributed by atoms with Crippen molar-refractivity contribution in [1.29, 1.82) is 0 Å². The van der Waals surface area contributed by atoms with Gasteiger partial charge in [0, 0.05) is 11.1 Å². The lowest BCUT2D eigenvalue weighted by Gasteiger charge is -2.23. The van der Waals surface area contributed by atoms with Gasteiger partial charge in [-0.15, -0.1) is 0 Å². The van der Waals surface area contributed by atoms with Gasteiger partial charge in [0.05, 0.1) is 27.4 Å². The van der Waals surface area contributed by atoms with E-state index in [9.17, 15) is 9.90 Å². The SMILES string of the molecule is C[N+](C)(C)c1ccc(C(=O)NN=Cc2ccccc2O)cc1. The molecule has 22 heavy (non-hydrogen) atoms. The first-order valence-electron chi connectivity index (χ1n) is 6.91. The third-order valence-electron chi connectivity index (χ3n) is 3.21. The lowest BCUT2D eigenvalue weighted by Crippen LogP contribution is -2.34. The number of carbonyl (C=O) groups excluding carboxylic acids is 1. The summed E-state index contributed by atoms with van der Waals surface area (Å²) in [5.41, 5.74) is 4.63. The van der Waals surface area contributed by atoms with Crippen LogP contribution in [0.3, 0.4) is 0 Å². The minimum absolute atomic E-state index is 0.118. The fraction of sp³-hybridized carbons (Fsp3) is 0.176. The summed E-state index contributed by atoms with van der Waals surface area (Å²) in [7, 11) is 6.18. The van der Waals surface area contributed by atoms with E-state index < -0.39 is 0 Å². The van der Waals surface area contributed by atoms with Crippen LogP contribution in [0.5, 0.6) is 5.75 Å². The molecule has 0 aliphatic carbocycles. The number of rotatable bonds is 4. The van der Waals surface area contributed by atoms with E-state index in [4.69, 9.17) is 0 Å². The fourth-order valence-electron chi connectivity index (χ4n) is 1.88. The van der Waals surface area contributed by atoms with Crippen molar-refractivity contribution in [1.82, 2.24) is 9.91 Å². The van der Waals surface area contributed by atoms with E-state index >= 15 is 0 Å². The Kier molecular flexibility index (Phi) is 4.58. The molecule has 0 saturated carbocycles. The number of aromatic hydroxyl groups is 1. The second-order valence-electron chi connectivity index (χ2n) is 5.82. The standard InChI is InChI=1S/C17H19N3O2/c1-20(2,3)15-10-8-13(9-11-15)17(22)19-18-12-14-6-4-5-7-16(14)21/h4-12H,1-3H3,(H-,18,19,21,22)/p+1. The third kappa shape index (κ3) is 3.93. The van der Waals surface area contributed by atoms with Crippen LogP contribution in [0.25, 0.3) is 0 Å². The summed E-state index contributed by atoms with van der Waals surface area (Å²) in [5.74, 6) is -0.174. The number of quaternary nitrogens is 1. The van der Waals surface area contributed by atoms with Crippen molar-refractivity contribution in [2.75, 3.05) is 21.1 Å². The minimum atomic E-state index is -0.292. The topological polar surface area (TPSA) is 61.7 Å². The van der Waals surface area contributed by atoms with Gasteiger partial charge < -0.3 is 5.11 Å². The molecule has 0 spiro atoms. The Balaban J connectivity index is 2.02. The van der Waals surface area contributed by atoms with E-state index in [1.165, 1.54) is 6.21 Å². The van der Waals surface area contributed by atoms with Crippen molar-refractivity contribution in [3.05, 3.63) is 59.7 Å². The monoisotopic (exact) mass is 298 g/mol. The van der Waals surface area contributed by atoms with E-state index in [0.717, 1.165) is 5.69 Å². The molecule has 5 heteroatoms. The normalized spacial score (nSPS) is 11.6. The lowest BCUT2D eigenvalue weighted by molar-refractivity contribution is 0.0955. The molecule has 0 fully saturated rings. The zero-order valence-corrected chi connectivity index (χ0v) is 12.9. The van der Waals surface area contributed by atoms with E-state index in [0.29, 0.717) is 15.6 Å². The van der Waals surface area contributed by atoms with E-state index in [1.54, 1.807) is 36.4 Å². The van der Waals surface area contributed by atoms with Gasteiger partial charge in [0.1, 0.15) is 11.4 Å². The predicted octanol–water partition coefficient (Wildman–Crippen LogP) is 2.35. The highest BCUT2D eigenvalue weighted by atomic mass is 16.3. The van der Waals surface area contributed by atoms with Gasteiger partial charge in [0.25, 0.3) is 5.91 Å². The maximum absolute atomic E-state index is 12.0. The Morgan fingerprint density at radius 2 is 1.73 bits per heavy atom. The number of para-hydroxylation sites is 1. The molecular weight excluding hydrogens is 278 g/mol. The molecule has 2 aromatic rings. The molecule has 2 rings (SSSR count). The molecule has 0 atom stereocenters. The molecule has 0 saturated heterocycles. The number of amides is 1. The average Bonchev–Trinajstić information content (AvgIpc) is 2.48. The molecule has 0 radical (unpaired) electrons. The fourth-order valence-corrected chi connectivity index (χ4v) is 1.88. The van der Waals surface area contributed by atoms with Crippen LogP contribution < -0.4 is 9.91 Å². The maximum Gasteiger partial charge on any atom is 0.271 e. The van der Waals surface area contributed by atoms with Crippen LogP contribution in [-0.2, 0) is 0 Å². The van der Waals surface area contributed by atoms with Crippen molar-refractivity contribution < 1.29 is 9.90 Å². The van der Waals surface area contributed by atoms with Crippen LogP contribution in [0.15, 0.2) is 53.6 Å². The maximum atomic E-state index is 12.0. The van der Waals surface area contributed by atoms with Crippen molar-refractivity contribution in [2.45, 2.75) is 0 Å². The number of hydrogen-bond donors (Lipinski definition) is 2. The van der Waals surface area contributed by atoms with Crippen LogP contribution >= 0.6 is 0 Å². The number of carbonyl (C=O) groups is 1. The summed E-state index contributed by atoms with van der Waals surface area (Å²) in [6.45, 7) is 0. The van der Waals surface area contributed by atoms with E-state index in [1.807, 2.05) is 12.1 Å². The number of hydrazone groups is 1. The Labute approximate surface area is 130 Å². The van der Waals surface area contributed by atoms with Crippen molar-refractivity contribution in [2.24, 2.45) is 5.10 Å². The molecule has 1 amide bonds. The highest BCUT2D eigenvalue weighted by molar-refractivity contribution is 5.95. The Morgan fingerprint density at radius 1 is 1.09 bits per heavy atom. The highest BCUT2D eigenvalue weighted by Crippen LogP contribution is 2.17. The third-order valence-corrected chi connectivity index (χ3v) is 3.21. The quantitative estimate of drug-likeness (QED) is 0.517. The smallest absolute Gasteiger partial charge is 0.271 e. The largest absolute Gasteiger partial charge is 0.507 e. The number of nitrogens with one attached hydrogen (secondary N) is 1. The molecule has 5 nitrogen and oxygen atoms in total. The minimum Gasteiger partial charge on any atom is -0.507 e. The average molecular weight is 298 g/mol. The summed E-state index contributed by atoms with van der Waals surface area (Å²) in [6.07, 6.45) is 1.41. The molecule has 0 heterocycles. The second-order valence-corrected chi connectivity index (χ2v) is 5.82. The van der Waals surface area contributed by atoms with Gasteiger partial charge in [0.2, 0.25) is 0 Å². The summed E-state index contributed by atoms with van der Waals surface area (Å²) < 4.78 is 0.688. The van der Waals surface area contributed by atoms with Gasteiger partial charge in [0.15, 0.2) is 0 Å². The summed E-state index contributed by atoms with van der Waals surface area (Å²) in [6, 6.07) is 14.2. The molecule has 114 valence electrons. The number of hydrogen-bond acceptors (Lipinski definition) is 3. The van der Waals surface area contributed by atoms with E-state index in [-0.39, 0.29) is 11.7 Å². The van der Waals surface area contributed by atoms with Crippen molar-refractivity contribution in [3.63, 3.8) is 0 Å². The molecule has 0 aromatic heterocycles. The lowest BCUT2D eigenvalue weighted by atomic mass is 10.2. The van der Waals surface area contributed by atoms with Gasteiger partial charge in [-0.3, -0.25) is 9.28 Å². The Morgan fingerprint density at radius 3 is 2.32 bits per heavy atom. The summed E-state index contributed by atoms with van der Waals surface area (Å²) >= 11 is 0. The zero-order chi connectivity index (χ0) is 16.2. The second kappa shape index (κ2) is 6.41. The number of nitrogens with zero attached hydrogens (tertiary/aromatic N) is 2. The molecule has 2 aromatic carbocycles. The number of phenolic OH excluding ortho intramolecular Hbond substituents is 1. The molecule has 0 aliphatic heterocycles. The first-order chi connectivity index (χ1) is 10.4. The summed E-state index contributed by atoms with van der Waals surface area (Å²) in [5, 5.41) is 13.5. The Bertz CT molecular complexity index is 686. The van der Waals surface area contributed by atoms with Crippen LogP contribution in [-0.4, -0.2) is 38.4 Å².